The smallest absolute Gasteiger partial charge is 0.227 e. The van der Waals surface area contributed by atoms with Gasteiger partial charge in [0.25, 0.3) is 0 Å². The van der Waals surface area contributed by atoms with Gasteiger partial charge in [-0.1, -0.05) is 35.9 Å². The molecule has 0 saturated carbocycles. The predicted octanol–water partition coefficient (Wildman–Crippen LogP) is 4.96. The van der Waals surface area contributed by atoms with Gasteiger partial charge >= 0.3 is 0 Å². The SMILES string of the molecule is Cc1cccc(NC(=O)C2CCN(c3ccc(-c4ccc(Cl)cc4)nn3)CC2)c1. The number of carbonyl (C=O) groups is 1. The largest absolute Gasteiger partial charge is 0.355 e. The number of amides is 1. The first kappa shape index (κ1) is 19.4. The minimum atomic E-state index is 0.0214. The highest BCUT2D eigenvalue weighted by Crippen LogP contribution is 2.25. The summed E-state index contributed by atoms with van der Waals surface area (Å²) in [7, 11) is 0. The minimum Gasteiger partial charge on any atom is -0.355 e. The Balaban J connectivity index is 1.34. The maximum absolute atomic E-state index is 12.6. The number of hydrogen-bond donors (Lipinski definition) is 1. The third kappa shape index (κ3) is 4.74. The van der Waals surface area contributed by atoms with Crippen LogP contribution in [0, 0.1) is 12.8 Å². The molecule has 1 fully saturated rings. The summed E-state index contributed by atoms with van der Waals surface area (Å²) < 4.78 is 0. The molecule has 4 rings (SSSR count). The highest BCUT2D eigenvalue weighted by Gasteiger charge is 2.26. The first-order chi connectivity index (χ1) is 14.1. The lowest BCUT2D eigenvalue weighted by atomic mass is 9.95. The Hall–Kier alpha value is -2.92. The van der Waals surface area contributed by atoms with Crippen molar-refractivity contribution in [3.05, 3.63) is 71.2 Å². The van der Waals surface area contributed by atoms with Gasteiger partial charge in [0.15, 0.2) is 5.82 Å². The van der Waals surface area contributed by atoms with Crippen LogP contribution in [0.5, 0.6) is 0 Å². The Morgan fingerprint density at radius 2 is 1.79 bits per heavy atom. The van der Waals surface area contributed by atoms with Gasteiger partial charge in [-0.05, 0) is 61.7 Å². The average molecular weight is 407 g/mol. The molecule has 0 radical (unpaired) electrons. The molecule has 3 aromatic rings. The average Bonchev–Trinajstić information content (AvgIpc) is 2.75. The summed E-state index contributed by atoms with van der Waals surface area (Å²) in [5.74, 6) is 0.965. The summed E-state index contributed by atoms with van der Waals surface area (Å²) in [5.41, 5.74) is 3.80. The molecule has 1 saturated heterocycles. The lowest BCUT2D eigenvalue weighted by Gasteiger charge is -2.31. The third-order valence-electron chi connectivity index (χ3n) is 5.27. The Morgan fingerprint density at radius 3 is 2.45 bits per heavy atom. The van der Waals surface area contributed by atoms with Gasteiger partial charge < -0.3 is 10.2 Å². The molecule has 1 aliphatic heterocycles. The molecule has 148 valence electrons. The van der Waals surface area contributed by atoms with E-state index < -0.39 is 0 Å². The highest BCUT2D eigenvalue weighted by molar-refractivity contribution is 6.30. The summed E-state index contributed by atoms with van der Waals surface area (Å²) in [5, 5.41) is 12.5. The lowest BCUT2D eigenvalue weighted by Crippen LogP contribution is -2.38. The van der Waals surface area contributed by atoms with Crippen LogP contribution in [0.15, 0.2) is 60.7 Å². The summed E-state index contributed by atoms with van der Waals surface area (Å²) in [6, 6.07) is 19.4. The molecule has 1 aromatic heterocycles. The molecule has 0 spiro atoms. The lowest BCUT2D eigenvalue weighted by molar-refractivity contribution is -0.120. The molecule has 6 heteroatoms. The molecular formula is C23H23ClN4O. The second kappa shape index (κ2) is 8.62. The molecule has 29 heavy (non-hydrogen) atoms. The standard InChI is InChI=1S/C23H23ClN4O/c1-16-3-2-4-20(15-16)25-23(29)18-11-13-28(14-12-18)22-10-9-21(26-27-22)17-5-7-19(24)8-6-17/h2-10,15,18H,11-14H2,1H3,(H,25,29). The van der Waals surface area contributed by atoms with E-state index in [4.69, 9.17) is 11.6 Å². The van der Waals surface area contributed by atoms with Crippen LogP contribution in [0.25, 0.3) is 11.3 Å². The Labute approximate surface area is 175 Å². The molecule has 0 aliphatic carbocycles. The summed E-state index contributed by atoms with van der Waals surface area (Å²) in [6.07, 6.45) is 1.61. The number of halogens is 1. The van der Waals surface area contributed by atoms with Crippen LogP contribution < -0.4 is 10.2 Å². The Bertz CT molecular complexity index is 981. The number of anilines is 2. The molecule has 1 aliphatic rings. The van der Waals surface area contributed by atoms with Crippen molar-refractivity contribution < 1.29 is 4.79 Å². The quantitative estimate of drug-likeness (QED) is 0.665. The topological polar surface area (TPSA) is 58.1 Å². The van der Waals surface area contributed by atoms with Crippen LogP contribution in [0.2, 0.25) is 5.02 Å². The maximum atomic E-state index is 12.6. The van der Waals surface area contributed by atoms with E-state index in [0.717, 1.165) is 54.3 Å². The summed E-state index contributed by atoms with van der Waals surface area (Å²) in [6.45, 7) is 3.61. The van der Waals surface area contributed by atoms with Crippen LogP contribution in [0.1, 0.15) is 18.4 Å². The zero-order chi connectivity index (χ0) is 20.2. The van der Waals surface area contributed by atoms with E-state index in [1.807, 2.05) is 67.6 Å². The molecule has 1 amide bonds. The van der Waals surface area contributed by atoms with Crippen molar-refractivity contribution >= 4 is 29.0 Å². The molecule has 0 atom stereocenters. The fraction of sp³-hybridized carbons (Fsp3) is 0.261. The normalized spacial score (nSPS) is 14.6. The van der Waals surface area contributed by atoms with Gasteiger partial charge in [0, 0.05) is 35.3 Å². The fourth-order valence-electron chi connectivity index (χ4n) is 3.61. The molecule has 1 N–H and O–H groups in total. The predicted molar refractivity (Wildman–Crippen MR) is 117 cm³/mol. The number of nitrogens with one attached hydrogen (secondary N) is 1. The van der Waals surface area contributed by atoms with Crippen molar-refractivity contribution in [3.8, 4) is 11.3 Å². The maximum Gasteiger partial charge on any atom is 0.227 e. The zero-order valence-electron chi connectivity index (χ0n) is 16.3. The van der Waals surface area contributed by atoms with Crippen LogP contribution in [-0.4, -0.2) is 29.2 Å². The Morgan fingerprint density at radius 1 is 1.03 bits per heavy atom. The number of piperidine rings is 1. The van der Waals surface area contributed by atoms with E-state index in [1.165, 1.54) is 0 Å². The van der Waals surface area contributed by atoms with E-state index in [1.54, 1.807) is 0 Å². The van der Waals surface area contributed by atoms with Crippen molar-refractivity contribution in [1.29, 1.82) is 0 Å². The second-order valence-electron chi connectivity index (χ2n) is 7.40. The molecule has 0 bridgehead atoms. The van der Waals surface area contributed by atoms with Crippen molar-refractivity contribution in [2.24, 2.45) is 5.92 Å². The van der Waals surface area contributed by atoms with Gasteiger partial charge in [-0.15, -0.1) is 10.2 Å². The van der Waals surface area contributed by atoms with Gasteiger partial charge in [-0.25, -0.2) is 0 Å². The molecule has 2 heterocycles. The number of rotatable bonds is 4. The number of hydrogen-bond acceptors (Lipinski definition) is 4. The van der Waals surface area contributed by atoms with Gasteiger partial charge in [0.05, 0.1) is 5.69 Å². The molecule has 5 nitrogen and oxygen atoms in total. The minimum absolute atomic E-state index is 0.0214. The van der Waals surface area contributed by atoms with Crippen molar-refractivity contribution in [2.75, 3.05) is 23.3 Å². The van der Waals surface area contributed by atoms with Crippen molar-refractivity contribution in [1.82, 2.24) is 10.2 Å². The summed E-state index contributed by atoms with van der Waals surface area (Å²) >= 11 is 5.94. The van der Waals surface area contributed by atoms with Crippen LogP contribution in [-0.2, 0) is 4.79 Å². The monoisotopic (exact) mass is 406 g/mol. The van der Waals surface area contributed by atoms with Crippen LogP contribution >= 0.6 is 11.6 Å². The van der Waals surface area contributed by atoms with Crippen molar-refractivity contribution in [2.45, 2.75) is 19.8 Å². The van der Waals surface area contributed by atoms with E-state index >= 15 is 0 Å². The van der Waals surface area contributed by atoms with E-state index in [9.17, 15) is 4.79 Å². The van der Waals surface area contributed by atoms with Gasteiger partial charge in [-0.2, -0.15) is 0 Å². The van der Waals surface area contributed by atoms with Crippen LogP contribution in [0.3, 0.4) is 0 Å². The van der Waals surface area contributed by atoms with Crippen molar-refractivity contribution in [3.63, 3.8) is 0 Å². The van der Waals surface area contributed by atoms with E-state index in [0.29, 0.717) is 5.02 Å². The number of carbonyl (C=O) groups excluding carboxylic acids is 1. The number of aromatic nitrogens is 2. The molecular weight excluding hydrogens is 384 g/mol. The summed E-state index contributed by atoms with van der Waals surface area (Å²) in [4.78, 5) is 14.8. The van der Waals surface area contributed by atoms with E-state index in [2.05, 4.69) is 20.4 Å². The number of benzene rings is 2. The first-order valence-electron chi connectivity index (χ1n) is 9.80. The fourth-order valence-corrected chi connectivity index (χ4v) is 3.73. The molecule has 0 unspecified atom stereocenters. The first-order valence-corrected chi connectivity index (χ1v) is 10.2. The second-order valence-corrected chi connectivity index (χ2v) is 7.84. The Kier molecular flexibility index (Phi) is 5.76. The highest BCUT2D eigenvalue weighted by atomic mass is 35.5. The number of nitrogens with zero attached hydrogens (tertiary/aromatic N) is 3. The van der Waals surface area contributed by atoms with Gasteiger partial charge in [0.2, 0.25) is 5.91 Å². The van der Waals surface area contributed by atoms with Gasteiger partial charge in [0.1, 0.15) is 0 Å². The van der Waals surface area contributed by atoms with Crippen LogP contribution in [0.4, 0.5) is 11.5 Å². The zero-order valence-corrected chi connectivity index (χ0v) is 17.1. The number of aryl methyl sites for hydroxylation is 1. The van der Waals surface area contributed by atoms with Gasteiger partial charge in [-0.3, -0.25) is 4.79 Å². The van der Waals surface area contributed by atoms with E-state index in [-0.39, 0.29) is 11.8 Å². The third-order valence-corrected chi connectivity index (χ3v) is 5.52. The molecule has 2 aromatic carbocycles.